The molecule has 2 atom stereocenters. The molecule has 0 aromatic heterocycles. The van der Waals surface area contributed by atoms with Crippen molar-refractivity contribution in [3.8, 4) is 11.5 Å². The van der Waals surface area contributed by atoms with Gasteiger partial charge < -0.3 is 15.5 Å². The van der Waals surface area contributed by atoms with Crippen LogP contribution in [0.25, 0.3) is 0 Å². The first-order valence-electron chi connectivity index (χ1n) is 6.01. The Morgan fingerprint density at radius 3 is 2.89 bits per heavy atom. The van der Waals surface area contributed by atoms with Crippen molar-refractivity contribution < 1.29 is 15.0 Å². The lowest BCUT2D eigenvalue weighted by Crippen LogP contribution is -2.37. The molecule has 0 aliphatic heterocycles. The van der Waals surface area contributed by atoms with E-state index in [0.717, 1.165) is 19.3 Å². The topological polar surface area (TPSA) is 69.6 Å². The number of carbonyl (C=O) groups excluding carboxylic acids is 1. The van der Waals surface area contributed by atoms with Crippen molar-refractivity contribution in [1.82, 2.24) is 5.32 Å². The summed E-state index contributed by atoms with van der Waals surface area (Å²) >= 11 is 5.85. The Morgan fingerprint density at radius 1 is 1.39 bits per heavy atom. The summed E-state index contributed by atoms with van der Waals surface area (Å²) in [4.78, 5) is 12.0. The molecule has 1 aliphatic rings. The van der Waals surface area contributed by atoms with Crippen molar-refractivity contribution in [3.63, 3.8) is 0 Å². The molecule has 0 heterocycles. The molecular formula is C13H16ClNO3. The highest BCUT2D eigenvalue weighted by molar-refractivity contribution is 6.18. The van der Waals surface area contributed by atoms with Gasteiger partial charge in [0.15, 0.2) is 11.5 Å². The number of benzene rings is 1. The molecule has 2 rings (SSSR count). The summed E-state index contributed by atoms with van der Waals surface area (Å²) in [7, 11) is 0. The van der Waals surface area contributed by atoms with Crippen molar-refractivity contribution in [2.45, 2.75) is 25.3 Å². The summed E-state index contributed by atoms with van der Waals surface area (Å²) in [6.07, 6.45) is 2.97. The van der Waals surface area contributed by atoms with Crippen LogP contribution in [0, 0.1) is 5.92 Å². The number of rotatable bonds is 3. The number of para-hydroxylation sites is 1. The van der Waals surface area contributed by atoms with Crippen molar-refractivity contribution in [2.24, 2.45) is 5.92 Å². The third-order valence-electron chi connectivity index (χ3n) is 3.43. The van der Waals surface area contributed by atoms with Gasteiger partial charge in [-0.25, -0.2) is 0 Å². The zero-order valence-electron chi connectivity index (χ0n) is 9.90. The average Bonchev–Trinajstić information content (AvgIpc) is 2.79. The van der Waals surface area contributed by atoms with Gasteiger partial charge in [0.2, 0.25) is 0 Å². The Balaban J connectivity index is 2.10. The van der Waals surface area contributed by atoms with Gasteiger partial charge in [-0.2, -0.15) is 0 Å². The highest BCUT2D eigenvalue weighted by Gasteiger charge is 2.28. The van der Waals surface area contributed by atoms with Gasteiger partial charge in [-0.1, -0.05) is 12.5 Å². The zero-order chi connectivity index (χ0) is 13.1. The monoisotopic (exact) mass is 269 g/mol. The molecule has 1 amide bonds. The molecule has 5 heteroatoms. The SMILES string of the molecule is O=C(NC1CCCC1CCl)c1cccc(O)c1O. The highest BCUT2D eigenvalue weighted by Crippen LogP contribution is 2.30. The second-order valence-corrected chi connectivity index (χ2v) is 4.91. The average molecular weight is 270 g/mol. The van der Waals surface area contributed by atoms with Crippen molar-refractivity contribution in [1.29, 1.82) is 0 Å². The largest absolute Gasteiger partial charge is 0.504 e. The number of halogens is 1. The number of nitrogens with one attached hydrogen (secondary N) is 1. The minimum atomic E-state index is -0.379. The van der Waals surface area contributed by atoms with E-state index < -0.39 is 0 Å². The first kappa shape index (κ1) is 13.0. The Bertz CT molecular complexity index is 450. The number of alkyl halides is 1. The number of amides is 1. The van der Waals surface area contributed by atoms with Crippen LogP contribution < -0.4 is 5.32 Å². The van der Waals surface area contributed by atoms with Gasteiger partial charge in [0.25, 0.3) is 5.91 Å². The second-order valence-electron chi connectivity index (χ2n) is 4.60. The Morgan fingerprint density at radius 2 is 2.17 bits per heavy atom. The summed E-state index contributed by atoms with van der Waals surface area (Å²) in [6.45, 7) is 0. The minimum absolute atomic E-state index is 0.0525. The van der Waals surface area contributed by atoms with E-state index in [9.17, 15) is 15.0 Å². The van der Waals surface area contributed by atoms with Gasteiger partial charge in [-0.05, 0) is 30.9 Å². The van der Waals surface area contributed by atoms with Crippen LogP contribution in [-0.4, -0.2) is 28.0 Å². The van der Waals surface area contributed by atoms with Crippen LogP contribution in [-0.2, 0) is 0 Å². The van der Waals surface area contributed by atoms with Crippen LogP contribution in [0.1, 0.15) is 29.6 Å². The lowest BCUT2D eigenvalue weighted by molar-refractivity contribution is 0.0926. The number of carbonyl (C=O) groups is 1. The standard InChI is InChI=1S/C13H16ClNO3/c14-7-8-3-1-5-10(8)15-13(18)9-4-2-6-11(16)12(9)17/h2,4,6,8,10,16-17H,1,3,5,7H2,(H,15,18). The zero-order valence-corrected chi connectivity index (χ0v) is 10.7. The molecule has 3 N–H and O–H groups in total. The number of hydrogen-bond acceptors (Lipinski definition) is 3. The summed E-state index contributed by atoms with van der Waals surface area (Å²) in [5, 5.41) is 21.9. The predicted molar refractivity (Wildman–Crippen MR) is 69.1 cm³/mol. The first-order valence-corrected chi connectivity index (χ1v) is 6.54. The van der Waals surface area contributed by atoms with E-state index in [-0.39, 0.29) is 34.9 Å². The van der Waals surface area contributed by atoms with Gasteiger partial charge >= 0.3 is 0 Å². The molecular weight excluding hydrogens is 254 g/mol. The van der Waals surface area contributed by atoms with Crippen molar-refractivity contribution in [3.05, 3.63) is 23.8 Å². The minimum Gasteiger partial charge on any atom is -0.504 e. The van der Waals surface area contributed by atoms with Gasteiger partial charge in [-0.15, -0.1) is 11.6 Å². The molecule has 1 aliphatic carbocycles. The molecule has 1 aromatic carbocycles. The Labute approximate surface area is 111 Å². The maximum Gasteiger partial charge on any atom is 0.255 e. The number of aromatic hydroxyl groups is 2. The molecule has 4 nitrogen and oxygen atoms in total. The summed E-state index contributed by atoms with van der Waals surface area (Å²) in [5.74, 6) is -0.226. The van der Waals surface area contributed by atoms with E-state index in [1.54, 1.807) is 0 Å². The fourth-order valence-electron chi connectivity index (χ4n) is 2.37. The number of phenolic OH excluding ortho intramolecular Hbond substituents is 2. The predicted octanol–water partition coefficient (Wildman–Crippen LogP) is 2.24. The third-order valence-corrected chi connectivity index (χ3v) is 3.83. The molecule has 0 bridgehead atoms. The number of hydrogen-bond donors (Lipinski definition) is 3. The molecule has 1 fully saturated rings. The Kier molecular flexibility index (Phi) is 3.97. The first-order chi connectivity index (χ1) is 8.63. The normalized spacial score (nSPS) is 22.9. The third kappa shape index (κ3) is 2.53. The molecule has 18 heavy (non-hydrogen) atoms. The molecule has 0 saturated heterocycles. The fraction of sp³-hybridized carbons (Fsp3) is 0.462. The van der Waals surface area contributed by atoms with E-state index >= 15 is 0 Å². The lowest BCUT2D eigenvalue weighted by Gasteiger charge is -2.19. The fourth-order valence-corrected chi connectivity index (χ4v) is 2.74. The van der Waals surface area contributed by atoms with Gasteiger partial charge in [0.05, 0.1) is 5.56 Å². The smallest absolute Gasteiger partial charge is 0.255 e. The molecule has 0 spiro atoms. The van der Waals surface area contributed by atoms with Crippen LogP contribution >= 0.6 is 11.6 Å². The molecule has 1 aromatic rings. The molecule has 98 valence electrons. The van der Waals surface area contributed by atoms with Crippen LogP contribution in [0.2, 0.25) is 0 Å². The quantitative estimate of drug-likeness (QED) is 0.582. The van der Waals surface area contributed by atoms with Gasteiger partial charge in [0, 0.05) is 11.9 Å². The van der Waals surface area contributed by atoms with E-state index in [4.69, 9.17) is 11.6 Å². The Hall–Kier alpha value is -1.42. The summed E-state index contributed by atoms with van der Waals surface area (Å²) in [6, 6.07) is 4.40. The van der Waals surface area contributed by atoms with E-state index in [0.29, 0.717) is 5.88 Å². The van der Waals surface area contributed by atoms with Crippen LogP contribution in [0.5, 0.6) is 11.5 Å². The van der Waals surface area contributed by atoms with Crippen LogP contribution in [0.15, 0.2) is 18.2 Å². The summed E-state index contributed by atoms with van der Waals surface area (Å²) in [5.41, 5.74) is 0.0928. The van der Waals surface area contributed by atoms with E-state index in [2.05, 4.69) is 5.32 Å². The molecule has 2 unspecified atom stereocenters. The van der Waals surface area contributed by atoms with Crippen LogP contribution in [0.3, 0.4) is 0 Å². The molecule has 0 radical (unpaired) electrons. The van der Waals surface area contributed by atoms with Gasteiger partial charge in [-0.3, -0.25) is 4.79 Å². The second kappa shape index (κ2) is 5.48. The lowest BCUT2D eigenvalue weighted by atomic mass is 10.1. The van der Waals surface area contributed by atoms with E-state index in [1.165, 1.54) is 18.2 Å². The van der Waals surface area contributed by atoms with Gasteiger partial charge in [0.1, 0.15) is 0 Å². The van der Waals surface area contributed by atoms with Crippen LogP contribution in [0.4, 0.5) is 0 Å². The van der Waals surface area contributed by atoms with E-state index in [1.807, 2.05) is 0 Å². The van der Waals surface area contributed by atoms with Crippen molar-refractivity contribution >= 4 is 17.5 Å². The van der Waals surface area contributed by atoms with Crippen molar-refractivity contribution in [2.75, 3.05) is 5.88 Å². The molecule has 1 saturated carbocycles. The number of phenols is 2. The summed E-state index contributed by atoms with van der Waals surface area (Å²) < 4.78 is 0. The maximum atomic E-state index is 12.0. The highest BCUT2D eigenvalue weighted by atomic mass is 35.5. The maximum absolute atomic E-state index is 12.0.